The average Bonchev–Trinajstić information content (AvgIpc) is 3.06. The van der Waals surface area contributed by atoms with Gasteiger partial charge in [0.25, 0.3) is 0 Å². The van der Waals surface area contributed by atoms with Crippen molar-refractivity contribution in [1.29, 1.82) is 0 Å². The number of nitrogens with zero attached hydrogens (tertiary/aromatic N) is 2. The molecule has 0 bridgehead atoms. The molecule has 1 fully saturated rings. The van der Waals surface area contributed by atoms with E-state index < -0.39 is 0 Å². The second-order valence-electron chi connectivity index (χ2n) is 6.41. The van der Waals surface area contributed by atoms with Gasteiger partial charge in [0.05, 0.1) is 6.20 Å². The van der Waals surface area contributed by atoms with Gasteiger partial charge in [-0.15, -0.1) is 11.3 Å². The number of rotatable bonds is 5. The van der Waals surface area contributed by atoms with Crippen LogP contribution in [0.4, 0.5) is 4.39 Å². The summed E-state index contributed by atoms with van der Waals surface area (Å²) < 4.78 is 13.3. The quantitative estimate of drug-likeness (QED) is 0.896. The van der Waals surface area contributed by atoms with Crippen LogP contribution in [0.3, 0.4) is 0 Å². The van der Waals surface area contributed by atoms with E-state index in [4.69, 9.17) is 0 Å². The highest BCUT2D eigenvalue weighted by atomic mass is 32.1. The minimum Gasteiger partial charge on any atom is -0.310 e. The molecule has 0 amide bonds. The van der Waals surface area contributed by atoms with E-state index in [1.807, 2.05) is 11.3 Å². The van der Waals surface area contributed by atoms with Gasteiger partial charge in [-0.25, -0.2) is 4.39 Å². The Kier molecular flexibility index (Phi) is 5.41. The monoisotopic (exact) mass is 333 g/mol. The molecule has 0 spiro atoms. The summed E-state index contributed by atoms with van der Waals surface area (Å²) in [5.41, 5.74) is 0.904. The van der Waals surface area contributed by atoms with Crippen LogP contribution in [0, 0.1) is 11.7 Å². The molecule has 1 aliphatic rings. The van der Waals surface area contributed by atoms with E-state index in [2.05, 4.69) is 46.7 Å². The lowest BCUT2D eigenvalue weighted by atomic mass is 9.88. The first-order valence-electron chi connectivity index (χ1n) is 8.22. The average molecular weight is 333 g/mol. The Morgan fingerprint density at radius 3 is 3.09 bits per heavy atom. The summed E-state index contributed by atoms with van der Waals surface area (Å²) in [6, 6.07) is 6.52. The highest BCUT2D eigenvalue weighted by molar-refractivity contribution is 7.10. The van der Waals surface area contributed by atoms with E-state index in [9.17, 15) is 4.39 Å². The molecule has 0 radical (unpaired) electrons. The third-order valence-corrected chi connectivity index (χ3v) is 5.70. The number of piperidine rings is 1. The molecule has 3 rings (SSSR count). The largest absolute Gasteiger partial charge is 0.310 e. The number of hydrogen-bond donors (Lipinski definition) is 1. The highest BCUT2D eigenvalue weighted by Crippen LogP contribution is 2.37. The second kappa shape index (κ2) is 7.51. The molecule has 0 saturated carbocycles. The number of thiophene rings is 1. The number of halogens is 1. The molecule has 1 saturated heterocycles. The number of hydrogen-bond acceptors (Lipinski definition) is 4. The van der Waals surface area contributed by atoms with E-state index in [-0.39, 0.29) is 11.9 Å². The Morgan fingerprint density at radius 2 is 2.35 bits per heavy atom. The topological polar surface area (TPSA) is 28.2 Å². The van der Waals surface area contributed by atoms with Crippen molar-refractivity contribution in [3.63, 3.8) is 0 Å². The highest BCUT2D eigenvalue weighted by Gasteiger charge is 2.31. The maximum atomic E-state index is 13.3. The standard InChI is InChI=1S/C18H24FN3S/c1-13(15-9-16(19)12-20-10-15)21-11-14-5-3-7-22(2)18(14)17-6-4-8-23-17/h4,6,8-10,12-14,18,21H,3,5,7,11H2,1-2H3/t13-,14+,18-/m0/s1. The number of nitrogens with one attached hydrogen (secondary N) is 1. The number of pyridine rings is 1. The first kappa shape index (κ1) is 16.6. The van der Waals surface area contributed by atoms with Crippen LogP contribution in [0.1, 0.15) is 42.3 Å². The summed E-state index contributed by atoms with van der Waals surface area (Å²) in [7, 11) is 2.22. The van der Waals surface area contributed by atoms with Crippen LogP contribution in [0.15, 0.2) is 36.0 Å². The number of aromatic nitrogens is 1. The van der Waals surface area contributed by atoms with Gasteiger partial charge in [-0.1, -0.05) is 6.07 Å². The van der Waals surface area contributed by atoms with Crippen molar-refractivity contribution in [3.8, 4) is 0 Å². The van der Waals surface area contributed by atoms with Gasteiger partial charge in [-0.3, -0.25) is 9.88 Å². The van der Waals surface area contributed by atoms with Gasteiger partial charge >= 0.3 is 0 Å². The van der Waals surface area contributed by atoms with Crippen LogP contribution in [0.5, 0.6) is 0 Å². The lowest BCUT2D eigenvalue weighted by Crippen LogP contribution is -2.40. The molecule has 0 unspecified atom stereocenters. The Bertz CT molecular complexity index is 616. The molecule has 3 atom stereocenters. The van der Waals surface area contributed by atoms with Gasteiger partial charge in [0.2, 0.25) is 0 Å². The summed E-state index contributed by atoms with van der Waals surface area (Å²) in [6.07, 6.45) is 5.46. The van der Waals surface area contributed by atoms with Crippen molar-refractivity contribution in [3.05, 3.63) is 52.2 Å². The molecule has 3 nitrogen and oxygen atoms in total. The molecule has 3 heterocycles. The third-order valence-electron chi connectivity index (χ3n) is 4.75. The van der Waals surface area contributed by atoms with Crippen LogP contribution in [0.25, 0.3) is 0 Å². The Morgan fingerprint density at radius 1 is 1.48 bits per heavy atom. The van der Waals surface area contributed by atoms with Crippen LogP contribution in [0.2, 0.25) is 0 Å². The zero-order valence-electron chi connectivity index (χ0n) is 13.7. The molecule has 1 N–H and O–H groups in total. The van der Waals surface area contributed by atoms with Crippen LogP contribution in [-0.4, -0.2) is 30.0 Å². The van der Waals surface area contributed by atoms with E-state index in [0.29, 0.717) is 12.0 Å². The SMILES string of the molecule is C[C@H](NC[C@H]1CCCN(C)[C@@H]1c1cccs1)c1cncc(F)c1. The van der Waals surface area contributed by atoms with Gasteiger partial charge < -0.3 is 5.32 Å². The second-order valence-corrected chi connectivity index (χ2v) is 7.39. The summed E-state index contributed by atoms with van der Waals surface area (Å²) in [5.74, 6) is 0.307. The molecule has 1 aliphatic heterocycles. The Balaban J connectivity index is 1.66. The summed E-state index contributed by atoms with van der Waals surface area (Å²) >= 11 is 1.84. The van der Waals surface area contributed by atoms with Gasteiger partial charge in [-0.2, -0.15) is 0 Å². The first-order valence-corrected chi connectivity index (χ1v) is 9.10. The Labute approximate surface area is 141 Å². The zero-order valence-corrected chi connectivity index (χ0v) is 14.5. The van der Waals surface area contributed by atoms with Crippen molar-refractivity contribution in [2.45, 2.75) is 31.8 Å². The van der Waals surface area contributed by atoms with E-state index in [1.54, 1.807) is 12.3 Å². The molecular formula is C18H24FN3S. The Hall–Kier alpha value is -1.30. The minimum absolute atomic E-state index is 0.106. The van der Waals surface area contributed by atoms with Crippen LogP contribution < -0.4 is 5.32 Å². The third kappa shape index (κ3) is 3.97. The lowest BCUT2D eigenvalue weighted by Gasteiger charge is -2.39. The maximum Gasteiger partial charge on any atom is 0.141 e. The predicted molar refractivity (Wildman–Crippen MR) is 93.0 cm³/mol. The van der Waals surface area contributed by atoms with E-state index in [1.165, 1.54) is 23.9 Å². The van der Waals surface area contributed by atoms with Crippen LogP contribution in [-0.2, 0) is 0 Å². The van der Waals surface area contributed by atoms with E-state index >= 15 is 0 Å². The van der Waals surface area contributed by atoms with Crippen molar-refractivity contribution in [2.24, 2.45) is 5.92 Å². The number of likely N-dealkylation sites (tertiary alicyclic amines) is 1. The molecule has 124 valence electrons. The zero-order chi connectivity index (χ0) is 16.2. The van der Waals surface area contributed by atoms with Crippen molar-refractivity contribution >= 4 is 11.3 Å². The smallest absolute Gasteiger partial charge is 0.141 e. The molecule has 5 heteroatoms. The van der Waals surface area contributed by atoms with Gasteiger partial charge in [-0.05, 0) is 62.4 Å². The molecule has 2 aromatic rings. The van der Waals surface area contributed by atoms with E-state index in [0.717, 1.165) is 18.7 Å². The van der Waals surface area contributed by atoms with Crippen molar-refractivity contribution in [1.82, 2.24) is 15.2 Å². The fourth-order valence-electron chi connectivity index (χ4n) is 3.49. The van der Waals surface area contributed by atoms with Gasteiger partial charge in [0.15, 0.2) is 0 Å². The normalized spacial score (nSPS) is 23.8. The molecule has 23 heavy (non-hydrogen) atoms. The summed E-state index contributed by atoms with van der Waals surface area (Å²) in [5, 5.41) is 5.74. The molecular weight excluding hydrogens is 309 g/mol. The summed E-state index contributed by atoms with van der Waals surface area (Å²) in [6.45, 7) is 4.16. The van der Waals surface area contributed by atoms with Crippen molar-refractivity contribution in [2.75, 3.05) is 20.1 Å². The fraction of sp³-hybridized carbons (Fsp3) is 0.500. The molecule has 0 aliphatic carbocycles. The molecule has 0 aromatic carbocycles. The van der Waals surface area contributed by atoms with Crippen molar-refractivity contribution < 1.29 is 4.39 Å². The van der Waals surface area contributed by atoms with Gasteiger partial charge in [0.1, 0.15) is 5.82 Å². The maximum absolute atomic E-state index is 13.3. The lowest BCUT2D eigenvalue weighted by molar-refractivity contribution is 0.120. The van der Waals surface area contributed by atoms with Crippen LogP contribution >= 0.6 is 11.3 Å². The summed E-state index contributed by atoms with van der Waals surface area (Å²) in [4.78, 5) is 7.86. The minimum atomic E-state index is -0.273. The molecule has 2 aromatic heterocycles. The van der Waals surface area contributed by atoms with Gasteiger partial charge in [0, 0.05) is 29.7 Å². The first-order chi connectivity index (χ1) is 11.1. The fourth-order valence-corrected chi connectivity index (χ4v) is 4.48. The predicted octanol–water partition coefficient (Wildman–Crippen LogP) is 4.02.